The first kappa shape index (κ1) is 8.84. The summed E-state index contributed by atoms with van der Waals surface area (Å²) in [5, 5.41) is 0. The predicted molar refractivity (Wildman–Crippen MR) is 35.7 cm³/mol. The van der Waals surface area contributed by atoms with E-state index in [4.69, 9.17) is 0 Å². The number of nitrogens with zero attached hydrogens (tertiary/aromatic N) is 1. The number of alkyl halides is 3. The van der Waals surface area contributed by atoms with Gasteiger partial charge < -0.3 is 4.90 Å². The third-order valence-corrected chi connectivity index (χ3v) is 1.99. The number of piperidine rings is 1. The van der Waals surface area contributed by atoms with Crippen molar-refractivity contribution in [2.45, 2.75) is 19.0 Å². The number of hydrogen-bond donors (Lipinski definition) is 0. The van der Waals surface area contributed by atoms with Gasteiger partial charge in [-0.25, -0.2) is 0 Å². The lowest BCUT2D eigenvalue weighted by atomic mass is 9.97. The summed E-state index contributed by atoms with van der Waals surface area (Å²) in [6.07, 6.45) is -3.63. The van der Waals surface area contributed by atoms with Crippen LogP contribution in [0.4, 0.5) is 13.2 Å². The SMILES string of the molecule is CN1[CH]CC(C(F)(F)F)CC1. The summed E-state index contributed by atoms with van der Waals surface area (Å²) in [5.41, 5.74) is 0. The molecule has 0 aliphatic carbocycles. The van der Waals surface area contributed by atoms with Gasteiger partial charge in [0.1, 0.15) is 0 Å². The van der Waals surface area contributed by atoms with Gasteiger partial charge in [0.15, 0.2) is 0 Å². The predicted octanol–water partition coefficient (Wildman–Crippen LogP) is 2.05. The number of halogens is 3. The molecule has 0 aromatic heterocycles. The molecule has 1 aliphatic heterocycles. The molecule has 1 heterocycles. The lowest BCUT2D eigenvalue weighted by Gasteiger charge is -2.29. The standard InChI is InChI=1S/C7H11F3N/c1-11-4-2-6(3-5-11)7(8,9)10/h4,6H,2-3,5H2,1H3. The first-order valence-corrected chi connectivity index (χ1v) is 3.60. The summed E-state index contributed by atoms with van der Waals surface area (Å²) in [6.45, 7) is 2.13. The Morgan fingerprint density at radius 1 is 1.45 bits per heavy atom. The van der Waals surface area contributed by atoms with E-state index in [1.54, 1.807) is 13.6 Å². The van der Waals surface area contributed by atoms with Gasteiger partial charge in [-0.3, -0.25) is 0 Å². The van der Waals surface area contributed by atoms with Gasteiger partial charge >= 0.3 is 6.18 Å². The van der Waals surface area contributed by atoms with Gasteiger partial charge in [0.25, 0.3) is 0 Å². The Morgan fingerprint density at radius 3 is 2.45 bits per heavy atom. The molecule has 1 atom stereocenters. The van der Waals surface area contributed by atoms with E-state index < -0.39 is 12.1 Å². The molecule has 1 aliphatic rings. The quantitative estimate of drug-likeness (QED) is 0.532. The highest BCUT2D eigenvalue weighted by atomic mass is 19.4. The first-order valence-electron chi connectivity index (χ1n) is 3.60. The molecule has 4 heteroatoms. The summed E-state index contributed by atoms with van der Waals surface area (Å²) in [6, 6.07) is 0. The smallest absolute Gasteiger partial charge is 0.302 e. The van der Waals surface area contributed by atoms with Crippen LogP contribution in [-0.4, -0.2) is 24.7 Å². The van der Waals surface area contributed by atoms with E-state index >= 15 is 0 Å². The second kappa shape index (κ2) is 3.01. The molecule has 0 N–H and O–H groups in total. The minimum absolute atomic E-state index is 0.139. The lowest BCUT2D eigenvalue weighted by Crippen LogP contribution is -2.33. The maximum atomic E-state index is 12.0. The van der Waals surface area contributed by atoms with E-state index in [9.17, 15) is 13.2 Å². The Bertz CT molecular complexity index is 124. The van der Waals surface area contributed by atoms with Crippen LogP contribution in [-0.2, 0) is 0 Å². The molecule has 11 heavy (non-hydrogen) atoms. The molecule has 1 unspecified atom stereocenters. The van der Waals surface area contributed by atoms with Gasteiger partial charge in [0.05, 0.1) is 5.92 Å². The van der Waals surface area contributed by atoms with Crippen molar-refractivity contribution in [2.75, 3.05) is 13.6 Å². The van der Waals surface area contributed by atoms with E-state index in [0.29, 0.717) is 6.54 Å². The lowest BCUT2D eigenvalue weighted by molar-refractivity contribution is -0.181. The van der Waals surface area contributed by atoms with Crippen molar-refractivity contribution in [3.05, 3.63) is 6.54 Å². The van der Waals surface area contributed by atoms with Crippen molar-refractivity contribution < 1.29 is 13.2 Å². The average Bonchev–Trinajstić information content (AvgIpc) is 1.86. The van der Waals surface area contributed by atoms with E-state index in [1.807, 2.05) is 4.90 Å². The van der Waals surface area contributed by atoms with Crippen molar-refractivity contribution in [2.24, 2.45) is 5.92 Å². The normalized spacial score (nSPS) is 24.0. The molecule has 1 fully saturated rings. The van der Waals surface area contributed by atoms with Crippen molar-refractivity contribution in [3.8, 4) is 0 Å². The third-order valence-electron chi connectivity index (χ3n) is 1.99. The molecule has 0 aromatic carbocycles. The topological polar surface area (TPSA) is 3.24 Å². The molecule has 0 amide bonds. The average molecular weight is 166 g/mol. The molecular weight excluding hydrogens is 155 g/mol. The van der Waals surface area contributed by atoms with Gasteiger partial charge in [-0.05, 0) is 26.4 Å². The van der Waals surface area contributed by atoms with Gasteiger partial charge in [-0.1, -0.05) is 0 Å². The molecule has 1 nitrogen and oxygen atoms in total. The van der Waals surface area contributed by atoms with Crippen LogP contribution in [0, 0.1) is 12.5 Å². The Hall–Kier alpha value is -0.250. The maximum absolute atomic E-state index is 12.0. The van der Waals surface area contributed by atoms with Crippen LogP contribution >= 0.6 is 0 Å². The van der Waals surface area contributed by atoms with E-state index in [-0.39, 0.29) is 12.8 Å². The van der Waals surface area contributed by atoms with E-state index in [2.05, 4.69) is 0 Å². The molecular formula is C7H11F3N. The van der Waals surface area contributed by atoms with Crippen molar-refractivity contribution in [1.82, 2.24) is 4.90 Å². The van der Waals surface area contributed by atoms with Gasteiger partial charge in [0, 0.05) is 6.54 Å². The molecule has 0 bridgehead atoms. The fourth-order valence-corrected chi connectivity index (χ4v) is 1.17. The van der Waals surface area contributed by atoms with E-state index in [1.165, 1.54) is 0 Å². The van der Waals surface area contributed by atoms with Crippen LogP contribution in [0.2, 0.25) is 0 Å². The molecule has 1 rings (SSSR count). The summed E-state index contributed by atoms with van der Waals surface area (Å²) >= 11 is 0. The first-order chi connectivity index (χ1) is 5.00. The maximum Gasteiger partial charge on any atom is 0.391 e. The fraction of sp³-hybridized carbons (Fsp3) is 0.857. The second-order valence-electron chi connectivity index (χ2n) is 2.93. The zero-order chi connectivity index (χ0) is 8.48. The highest BCUT2D eigenvalue weighted by Gasteiger charge is 2.40. The molecule has 1 saturated heterocycles. The Kier molecular flexibility index (Phi) is 2.42. The van der Waals surface area contributed by atoms with Crippen LogP contribution in [0.25, 0.3) is 0 Å². The van der Waals surface area contributed by atoms with Crippen LogP contribution < -0.4 is 0 Å². The summed E-state index contributed by atoms with van der Waals surface area (Å²) < 4.78 is 36.1. The van der Waals surface area contributed by atoms with Crippen LogP contribution in [0.1, 0.15) is 12.8 Å². The zero-order valence-corrected chi connectivity index (χ0v) is 6.36. The zero-order valence-electron chi connectivity index (χ0n) is 6.36. The minimum Gasteiger partial charge on any atom is -0.302 e. The largest absolute Gasteiger partial charge is 0.391 e. The molecule has 0 saturated carbocycles. The summed E-state index contributed by atoms with van der Waals surface area (Å²) in [7, 11) is 1.80. The Balaban J connectivity index is 2.39. The highest BCUT2D eigenvalue weighted by Crippen LogP contribution is 2.34. The monoisotopic (exact) mass is 166 g/mol. The van der Waals surface area contributed by atoms with Gasteiger partial charge in [-0.15, -0.1) is 0 Å². The van der Waals surface area contributed by atoms with Crippen molar-refractivity contribution in [1.29, 1.82) is 0 Å². The Morgan fingerprint density at radius 2 is 2.09 bits per heavy atom. The van der Waals surface area contributed by atoms with E-state index in [0.717, 1.165) is 0 Å². The Labute approximate surface area is 64.2 Å². The van der Waals surface area contributed by atoms with Crippen LogP contribution in [0.5, 0.6) is 0 Å². The summed E-state index contributed by atoms with van der Waals surface area (Å²) in [4.78, 5) is 1.81. The highest BCUT2D eigenvalue weighted by molar-refractivity contribution is 4.81. The van der Waals surface area contributed by atoms with Crippen LogP contribution in [0.3, 0.4) is 0 Å². The van der Waals surface area contributed by atoms with Gasteiger partial charge in [-0.2, -0.15) is 13.2 Å². The second-order valence-corrected chi connectivity index (χ2v) is 2.93. The molecule has 0 aromatic rings. The minimum atomic E-state index is -4.00. The van der Waals surface area contributed by atoms with Crippen molar-refractivity contribution in [3.63, 3.8) is 0 Å². The summed E-state index contributed by atoms with van der Waals surface area (Å²) in [5.74, 6) is -1.11. The molecule has 1 radical (unpaired) electrons. The van der Waals surface area contributed by atoms with Crippen molar-refractivity contribution >= 4 is 0 Å². The van der Waals surface area contributed by atoms with Crippen LogP contribution in [0.15, 0.2) is 0 Å². The third kappa shape index (κ3) is 2.36. The fourth-order valence-electron chi connectivity index (χ4n) is 1.17. The number of rotatable bonds is 0. The number of likely N-dealkylation sites (tertiary alicyclic amines) is 1. The number of hydrogen-bond acceptors (Lipinski definition) is 1. The van der Waals surface area contributed by atoms with Gasteiger partial charge in [0.2, 0.25) is 0 Å². The molecule has 0 spiro atoms. The molecule has 65 valence electrons.